The SMILES string of the molecule is CC(=O)c1ccc(-c2c3c(nn2-c2c(C)cccc2C)CN(c2cc(C(C)C)c(F)cc2C)C3)cc1. The normalized spacial score (nSPS) is 12.9. The van der Waals surface area contributed by atoms with Gasteiger partial charge in [-0.2, -0.15) is 5.10 Å². The lowest BCUT2D eigenvalue weighted by Gasteiger charge is -2.23. The third-order valence-corrected chi connectivity index (χ3v) is 7.25. The Balaban J connectivity index is 1.65. The number of fused-ring (bicyclic) bond motifs is 1. The topological polar surface area (TPSA) is 38.1 Å². The monoisotopic (exact) mass is 481 g/mol. The maximum absolute atomic E-state index is 14.6. The van der Waals surface area contributed by atoms with Gasteiger partial charge in [0.15, 0.2) is 5.78 Å². The van der Waals surface area contributed by atoms with Crippen LogP contribution in [0.1, 0.15) is 70.6 Å². The third kappa shape index (κ3) is 4.02. The van der Waals surface area contributed by atoms with E-state index < -0.39 is 0 Å². The molecule has 0 spiro atoms. The fourth-order valence-electron chi connectivity index (χ4n) is 5.31. The number of carbonyl (C=O) groups excluding carboxylic acids is 1. The second-order valence-corrected chi connectivity index (χ2v) is 10.2. The molecule has 36 heavy (non-hydrogen) atoms. The highest BCUT2D eigenvalue weighted by molar-refractivity contribution is 5.94. The highest BCUT2D eigenvalue weighted by Crippen LogP contribution is 2.39. The maximum Gasteiger partial charge on any atom is 0.159 e. The Labute approximate surface area is 212 Å². The van der Waals surface area contributed by atoms with Gasteiger partial charge in [0.1, 0.15) is 5.82 Å². The van der Waals surface area contributed by atoms with E-state index >= 15 is 0 Å². The molecule has 0 bridgehead atoms. The molecular formula is C31H32FN3O. The fraction of sp³-hybridized carbons (Fsp3) is 0.290. The lowest BCUT2D eigenvalue weighted by molar-refractivity contribution is 0.101. The highest BCUT2D eigenvalue weighted by Gasteiger charge is 2.31. The summed E-state index contributed by atoms with van der Waals surface area (Å²) in [5.41, 5.74) is 11.1. The van der Waals surface area contributed by atoms with Crippen molar-refractivity contribution in [3.8, 4) is 16.9 Å². The van der Waals surface area contributed by atoms with Crippen molar-refractivity contribution in [3.05, 3.63) is 99.5 Å². The first kappa shape index (κ1) is 24.0. The van der Waals surface area contributed by atoms with Crippen LogP contribution in [0.15, 0.2) is 54.6 Å². The predicted octanol–water partition coefficient (Wildman–Crippen LogP) is 7.45. The van der Waals surface area contributed by atoms with Gasteiger partial charge >= 0.3 is 0 Å². The molecule has 0 radical (unpaired) electrons. The van der Waals surface area contributed by atoms with E-state index in [4.69, 9.17) is 5.10 Å². The van der Waals surface area contributed by atoms with E-state index in [0.717, 1.165) is 50.6 Å². The summed E-state index contributed by atoms with van der Waals surface area (Å²) < 4.78 is 16.7. The summed E-state index contributed by atoms with van der Waals surface area (Å²) in [5, 5.41) is 5.13. The van der Waals surface area contributed by atoms with Gasteiger partial charge in [-0.15, -0.1) is 0 Å². The van der Waals surface area contributed by atoms with E-state index in [1.807, 2.05) is 51.1 Å². The number of aryl methyl sites for hydroxylation is 3. The third-order valence-electron chi connectivity index (χ3n) is 7.25. The zero-order valence-electron chi connectivity index (χ0n) is 21.8. The first-order valence-corrected chi connectivity index (χ1v) is 12.5. The average Bonchev–Trinajstić information content (AvgIpc) is 3.37. The Morgan fingerprint density at radius 1 is 0.944 bits per heavy atom. The number of aromatic nitrogens is 2. The van der Waals surface area contributed by atoms with E-state index in [1.165, 1.54) is 5.56 Å². The van der Waals surface area contributed by atoms with Gasteiger partial charge in [-0.25, -0.2) is 9.07 Å². The molecule has 3 aromatic carbocycles. The molecule has 4 nitrogen and oxygen atoms in total. The molecular weight excluding hydrogens is 449 g/mol. The number of hydrogen-bond acceptors (Lipinski definition) is 3. The second kappa shape index (κ2) is 9.05. The molecule has 1 aromatic heterocycles. The second-order valence-electron chi connectivity index (χ2n) is 10.2. The summed E-state index contributed by atoms with van der Waals surface area (Å²) in [6.45, 7) is 13.2. The molecule has 2 heterocycles. The number of para-hydroxylation sites is 1. The molecule has 0 fully saturated rings. The van der Waals surface area contributed by atoms with Crippen molar-refractivity contribution >= 4 is 11.5 Å². The van der Waals surface area contributed by atoms with Gasteiger partial charge < -0.3 is 4.90 Å². The van der Waals surface area contributed by atoms with E-state index in [0.29, 0.717) is 18.7 Å². The number of hydrogen-bond donors (Lipinski definition) is 0. The van der Waals surface area contributed by atoms with Crippen LogP contribution in [0, 0.1) is 26.6 Å². The number of carbonyl (C=O) groups is 1. The molecule has 0 N–H and O–H groups in total. The number of rotatable bonds is 5. The summed E-state index contributed by atoms with van der Waals surface area (Å²) in [4.78, 5) is 14.2. The van der Waals surface area contributed by atoms with Crippen LogP contribution in [-0.2, 0) is 13.1 Å². The zero-order chi connectivity index (χ0) is 25.7. The van der Waals surface area contributed by atoms with Crippen LogP contribution in [0.5, 0.6) is 0 Å². The quantitative estimate of drug-likeness (QED) is 0.278. The van der Waals surface area contributed by atoms with Crippen molar-refractivity contribution < 1.29 is 9.18 Å². The van der Waals surface area contributed by atoms with Crippen LogP contribution in [0.4, 0.5) is 10.1 Å². The van der Waals surface area contributed by atoms with Crippen molar-refractivity contribution in [2.24, 2.45) is 0 Å². The Morgan fingerprint density at radius 2 is 1.61 bits per heavy atom. The van der Waals surface area contributed by atoms with Gasteiger partial charge in [-0.3, -0.25) is 4.79 Å². The molecule has 5 heteroatoms. The summed E-state index contributed by atoms with van der Waals surface area (Å²) >= 11 is 0. The Hall–Kier alpha value is -3.73. The van der Waals surface area contributed by atoms with Gasteiger partial charge in [0.25, 0.3) is 0 Å². The number of nitrogens with zero attached hydrogens (tertiary/aromatic N) is 3. The molecule has 5 rings (SSSR count). The molecule has 4 aromatic rings. The van der Waals surface area contributed by atoms with Crippen LogP contribution in [0.2, 0.25) is 0 Å². The van der Waals surface area contributed by atoms with Gasteiger partial charge in [0.05, 0.1) is 23.6 Å². The predicted molar refractivity (Wildman–Crippen MR) is 144 cm³/mol. The Morgan fingerprint density at radius 3 is 2.22 bits per heavy atom. The minimum atomic E-state index is -0.144. The smallest absolute Gasteiger partial charge is 0.159 e. The number of ketones is 1. The molecule has 0 unspecified atom stereocenters. The molecule has 0 atom stereocenters. The molecule has 184 valence electrons. The van der Waals surface area contributed by atoms with Crippen LogP contribution in [0.3, 0.4) is 0 Å². The number of benzene rings is 3. The summed E-state index contributed by atoms with van der Waals surface area (Å²) in [6, 6.07) is 17.7. The van der Waals surface area contributed by atoms with Gasteiger partial charge in [-0.05, 0) is 68.0 Å². The van der Waals surface area contributed by atoms with Gasteiger partial charge in [0, 0.05) is 28.9 Å². The van der Waals surface area contributed by atoms with Crippen LogP contribution in [-0.4, -0.2) is 15.6 Å². The minimum Gasteiger partial charge on any atom is -0.361 e. The number of Topliss-reactive ketones (excluding diaryl/α,β-unsaturated/α-hetero) is 1. The van der Waals surface area contributed by atoms with Crippen LogP contribution in [0.25, 0.3) is 16.9 Å². The van der Waals surface area contributed by atoms with E-state index in [2.05, 4.69) is 41.6 Å². The highest BCUT2D eigenvalue weighted by atomic mass is 19.1. The number of anilines is 1. The van der Waals surface area contributed by atoms with Crippen molar-refractivity contribution in [2.45, 2.75) is 60.5 Å². The first-order valence-electron chi connectivity index (χ1n) is 12.5. The van der Waals surface area contributed by atoms with E-state index in [-0.39, 0.29) is 17.5 Å². The van der Waals surface area contributed by atoms with Gasteiger partial charge in [0.2, 0.25) is 0 Å². The summed E-state index contributed by atoms with van der Waals surface area (Å²) in [7, 11) is 0. The van der Waals surface area contributed by atoms with Crippen molar-refractivity contribution in [2.75, 3.05) is 4.90 Å². The van der Waals surface area contributed by atoms with Crippen molar-refractivity contribution in [1.29, 1.82) is 0 Å². The van der Waals surface area contributed by atoms with Gasteiger partial charge in [-0.1, -0.05) is 56.3 Å². The van der Waals surface area contributed by atoms with Crippen LogP contribution < -0.4 is 4.90 Å². The average molecular weight is 482 g/mol. The summed E-state index contributed by atoms with van der Waals surface area (Å²) in [6.07, 6.45) is 0. The molecule has 1 aliphatic rings. The first-order chi connectivity index (χ1) is 17.2. The molecule has 0 saturated carbocycles. The Kier molecular flexibility index (Phi) is 6.03. The molecule has 0 aliphatic carbocycles. The van der Waals surface area contributed by atoms with Crippen molar-refractivity contribution in [1.82, 2.24) is 9.78 Å². The number of halogens is 1. The van der Waals surface area contributed by atoms with Crippen molar-refractivity contribution in [3.63, 3.8) is 0 Å². The zero-order valence-corrected chi connectivity index (χ0v) is 21.8. The maximum atomic E-state index is 14.6. The molecule has 0 saturated heterocycles. The summed E-state index contributed by atoms with van der Waals surface area (Å²) in [5.74, 6) is 0.0153. The van der Waals surface area contributed by atoms with E-state index in [1.54, 1.807) is 13.0 Å². The minimum absolute atomic E-state index is 0.0500. The Bertz CT molecular complexity index is 1460. The molecule has 1 aliphatic heterocycles. The lowest BCUT2D eigenvalue weighted by Crippen LogP contribution is -2.18. The lowest BCUT2D eigenvalue weighted by atomic mass is 9.99. The largest absolute Gasteiger partial charge is 0.361 e. The van der Waals surface area contributed by atoms with Crippen LogP contribution >= 0.6 is 0 Å². The standard InChI is InChI=1S/C31H32FN3O/c1-18(2)25-15-29(21(5)14-27(25)32)34-16-26-28(17-34)33-35(30-19(3)8-7-9-20(30)4)31(26)24-12-10-23(11-13-24)22(6)36/h7-15,18H,16-17H2,1-6H3. The fourth-order valence-corrected chi connectivity index (χ4v) is 5.31. The van der Waals surface area contributed by atoms with E-state index in [9.17, 15) is 9.18 Å². The molecule has 0 amide bonds.